The van der Waals surface area contributed by atoms with E-state index in [0.717, 1.165) is 25.9 Å². The summed E-state index contributed by atoms with van der Waals surface area (Å²) >= 11 is 9.13. The van der Waals surface area contributed by atoms with Crippen molar-refractivity contribution in [3.05, 3.63) is 99.1 Å². The third-order valence-electron chi connectivity index (χ3n) is 8.87. The minimum absolute atomic E-state index is 0.0387. The third-order valence-corrected chi connectivity index (χ3v) is 11.5. The zero-order chi connectivity index (χ0) is 33.5. The molecule has 2 fully saturated rings. The molecule has 0 aliphatic carbocycles. The van der Waals surface area contributed by atoms with E-state index in [1.165, 1.54) is 18.7 Å². The highest BCUT2D eigenvalue weighted by atomic mass is 79.9. The van der Waals surface area contributed by atoms with E-state index in [-0.39, 0.29) is 36.6 Å². The number of thioether (sulfide) groups is 1. The van der Waals surface area contributed by atoms with Crippen LogP contribution in [-0.2, 0) is 37.9 Å². The fourth-order valence-corrected chi connectivity index (χ4v) is 8.93. The molecule has 13 heteroatoms. The Morgan fingerprint density at radius 2 is 1.68 bits per heavy atom. The number of amides is 3. The zero-order valence-corrected chi connectivity index (χ0v) is 29.9. The average molecular weight is 758 g/mol. The van der Waals surface area contributed by atoms with E-state index in [4.69, 9.17) is 11.6 Å². The van der Waals surface area contributed by atoms with Crippen LogP contribution < -0.4 is 0 Å². The molecule has 2 aliphatic heterocycles. The van der Waals surface area contributed by atoms with Gasteiger partial charge in [-0.2, -0.15) is 0 Å². The first-order chi connectivity index (χ1) is 22.4. The van der Waals surface area contributed by atoms with Gasteiger partial charge >= 0.3 is 0 Å². The number of halogens is 2. The smallest absolute Gasteiger partial charge is 0.242 e. The molecule has 3 aromatic carbocycles. The van der Waals surface area contributed by atoms with Crippen molar-refractivity contribution >= 4 is 79.0 Å². The molecule has 2 saturated heterocycles. The summed E-state index contributed by atoms with van der Waals surface area (Å²) in [5.41, 5.74) is 3.30. The number of hydrogen-bond donors (Lipinski definition) is 1. The minimum Gasteiger partial charge on any atom is -0.339 e. The maximum atomic E-state index is 15.1. The Labute approximate surface area is 293 Å². The number of rotatable bonds is 8. The molecule has 0 radical (unpaired) electrons. The Morgan fingerprint density at radius 3 is 2.32 bits per heavy atom. The second-order valence-electron chi connectivity index (χ2n) is 12.0. The van der Waals surface area contributed by atoms with E-state index in [2.05, 4.69) is 15.9 Å². The number of aromatic nitrogens is 1. The summed E-state index contributed by atoms with van der Waals surface area (Å²) < 4.78 is 23.3. The van der Waals surface area contributed by atoms with E-state index in [0.29, 0.717) is 42.3 Å². The Kier molecular flexibility index (Phi) is 9.87. The van der Waals surface area contributed by atoms with Crippen LogP contribution in [0.15, 0.2) is 82.3 Å². The van der Waals surface area contributed by atoms with Crippen molar-refractivity contribution in [2.45, 2.75) is 48.4 Å². The highest BCUT2D eigenvalue weighted by Crippen LogP contribution is 2.55. The number of nitrogens with zero attached hydrogens (tertiary/aromatic N) is 4. The fraction of sp³-hybridized carbons (Fsp3) is 0.324. The standard InChI is InChI=1S/C34H34BrClN4O5S2/c1-22-3-10-27(11-4-22)46-34(33(43)38-15-13-37(14-16-38)23(2)41)18-31(42)40(19-24-5-7-25(35)8-6-24)32(34)29-20-39(21-47(44)45)30-17-26(36)9-12-28(29)30/h3-12,17,20,32H,13-16,18-19,21H2,1-2H3,(H,44,45)/t32-,34-/m0/s1. The number of hydrogen-bond acceptors (Lipinski definition) is 5. The second kappa shape index (κ2) is 13.8. The van der Waals surface area contributed by atoms with Crippen LogP contribution in [0.25, 0.3) is 10.9 Å². The highest BCUT2D eigenvalue weighted by Gasteiger charge is 2.60. The molecule has 4 aromatic rings. The first kappa shape index (κ1) is 33.7. The molecule has 9 nitrogen and oxygen atoms in total. The summed E-state index contributed by atoms with van der Waals surface area (Å²) in [5, 5.41) is 1.20. The predicted octanol–water partition coefficient (Wildman–Crippen LogP) is 6.24. The van der Waals surface area contributed by atoms with Gasteiger partial charge in [0.2, 0.25) is 17.7 Å². The summed E-state index contributed by atoms with van der Waals surface area (Å²) in [6.45, 7) is 5.30. The van der Waals surface area contributed by atoms with Crippen molar-refractivity contribution in [1.29, 1.82) is 0 Å². The summed E-state index contributed by atoms with van der Waals surface area (Å²) in [5.74, 6) is -0.593. The summed E-state index contributed by atoms with van der Waals surface area (Å²) in [4.78, 5) is 47.7. The van der Waals surface area contributed by atoms with E-state index >= 15 is 4.79 Å². The van der Waals surface area contributed by atoms with E-state index in [9.17, 15) is 18.4 Å². The lowest BCUT2D eigenvalue weighted by molar-refractivity contribution is -0.140. The van der Waals surface area contributed by atoms with Crippen molar-refractivity contribution in [3.63, 3.8) is 0 Å². The highest BCUT2D eigenvalue weighted by molar-refractivity contribution is 9.10. The number of likely N-dealkylation sites (tertiary alicyclic amines) is 1. The molecular formula is C34H34BrClN4O5S2. The molecule has 6 rings (SSSR count). The van der Waals surface area contributed by atoms with Crippen molar-refractivity contribution < 1.29 is 23.1 Å². The summed E-state index contributed by atoms with van der Waals surface area (Å²) in [6, 6.07) is 20.2. The third kappa shape index (κ3) is 6.89. The molecule has 3 amide bonds. The van der Waals surface area contributed by atoms with Crippen LogP contribution in [0.4, 0.5) is 0 Å². The van der Waals surface area contributed by atoms with Crippen LogP contribution in [0.5, 0.6) is 0 Å². The van der Waals surface area contributed by atoms with Gasteiger partial charge in [0.15, 0.2) is 11.1 Å². The summed E-state index contributed by atoms with van der Waals surface area (Å²) in [7, 11) is 0. The number of benzene rings is 3. The Balaban J connectivity index is 1.55. The Morgan fingerprint density at radius 1 is 1.02 bits per heavy atom. The number of carbonyl (C=O) groups excluding carboxylic acids is 3. The van der Waals surface area contributed by atoms with Crippen molar-refractivity contribution in [2.75, 3.05) is 26.2 Å². The van der Waals surface area contributed by atoms with Crippen LogP contribution in [0.2, 0.25) is 5.02 Å². The largest absolute Gasteiger partial charge is 0.339 e. The van der Waals surface area contributed by atoms with Crippen molar-refractivity contribution in [1.82, 2.24) is 19.3 Å². The SMILES string of the molecule is CC(=O)N1CCN(C(=O)[C@]2(Sc3ccc(C)cc3)CC(=O)N(Cc3ccc(Br)cc3)[C@H]2c2cn(CS(=O)O)c3cc(Cl)ccc23)CC1. The topological polar surface area (TPSA) is 103 Å². The average Bonchev–Trinajstić information content (AvgIpc) is 3.51. The predicted molar refractivity (Wildman–Crippen MR) is 188 cm³/mol. The lowest BCUT2D eigenvalue weighted by Crippen LogP contribution is -2.56. The van der Waals surface area contributed by atoms with Gasteiger partial charge in [0.25, 0.3) is 0 Å². The van der Waals surface area contributed by atoms with Crippen LogP contribution in [0, 0.1) is 6.92 Å². The first-order valence-corrected chi connectivity index (χ1v) is 18.4. The Bertz CT molecular complexity index is 1860. The molecule has 0 saturated carbocycles. The molecule has 47 heavy (non-hydrogen) atoms. The van der Waals surface area contributed by atoms with Gasteiger partial charge in [0, 0.05) is 71.2 Å². The lowest BCUT2D eigenvalue weighted by atomic mass is 9.90. The van der Waals surface area contributed by atoms with Crippen LogP contribution >= 0.6 is 39.3 Å². The quantitative estimate of drug-likeness (QED) is 0.214. The van der Waals surface area contributed by atoms with Gasteiger partial charge < -0.3 is 23.8 Å². The van der Waals surface area contributed by atoms with Crippen molar-refractivity contribution in [3.8, 4) is 0 Å². The molecule has 2 aliphatic rings. The molecule has 3 atom stereocenters. The van der Waals surface area contributed by atoms with Gasteiger partial charge in [-0.1, -0.05) is 63.4 Å². The molecule has 3 heterocycles. The normalized spacial score (nSPS) is 20.7. The summed E-state index contributed by atoms with van der Waals surface area (Å²) in [6.07, 6.45) is 1.74. The molecule has 1 N–H and O–H groups in total. The Hall–Kier alpha value is -3.16. The lowest BCUT2D eigenvalue weighted by Gasteiger charge is -2.42. The van der Waals surface area contributed by atoms with E-state index in [1.807, 2.05) is 61.5 Å². The number of aryl methyl sites for hydroxylation is 1. The molecule has 1 aromatic heterocycles. The van der Waals surface area contributed by atoms with Gasteiger partial charge in [0.05, 0.1) is 18.0 Å². The second-order valence-corrected chi connectivity index (χ2v) is 15.7. The van der Waals surface area contributed by atoms with Gasteiger partial charge in [0.1, 0.15) is 10.6 Å². The van der Waals surface area contributed by atoms with Gasteiger partial charge in [-0.05, 0) is 48.9 Å². The maximum Gasteiger partial charge on any atom is 0.242 e. The molecule has 0 spiro atoms. The monoisotopic (exact) mass is 756 g/mol. The van der Waals surface area contributed by atoms with Crippen molar-refractivity contribution in [2.24, 2.45) is 0 Å². The van der Waals surface area contributed by atoms with Crippen LogP contribution in [0.1, 0.15) is 36.1 Å². The van der Waals surface area contributed by atoms with E-state index in [1.54, 1.807) is 37.6 Å². The molecule has 1 unspecified atom stereocenters. The maximum absolute atomic E-state index is 15.1. The first-order valence-electron chi connectivity index (χ1n) is 15.2. The number of carbonyl (C=O) groups is 3. The number of fused-ring (bicyclic) bond motifs is 1. The van der Waals surface area contributed by atoms with Gasteiger partial charge in [-0.25, -0.2) is 4.21 Å². The zero-order valence-electron chi connectivity index (χ0n) is 25.9. The van der Waals surface area contributed by atoms with Gasteiger partial charge in [-0.15, -0.1) is 11.8 Å². The molecular weight excluding hydrogens is 724 g/mol. The van der Waals surface area contributed by atoms with Crippen LogP contribution in [0.3, 0.4) is 0 Å². The minimum atomic E-state index is -2.17. The van der Waals surface area contributed by atoms with E-state index < -0.39 is 21.9 Å². The molecule has 0 bridgehead atoms. The van der Waals surface area contributed by atoms with Gasteiger partial charge in [-0.3, -0.25) is 14.4 Å². The fourth-order valence-electron chi connectivity index (χ4n) is 6.58. The molecule has 246 valence electrons. The van der Waals surface area contributed by atoms with Crippen LogP contribution in [-0.4, -0.2) is 76.7 Å². The number of piperazine rings is 1.